The van der Waals surface area contributed by atoms with Crippen molar-refractivity contribution in [2.24, 2.45) is 0 Å². The van der Waals surface area contributed by atoms with Gasteiger partial charge in [0.15, 0.2) is 0 Å². The zero-order valence-electron chi connectivity index (χ0n) is 9.04. The molecule has 1 atom stereocenters. The van der Waals surface area contributed by atoms with Gasteiger partial charge < -0.3 is 14.4 Å². The summed E-state index contributed by atoms with van der Waals surface area (Å²) in [6.07, 6.45) is 1.58. The number of nitrogens with one attached hydrogen (secondary N) is 2. The van der Waals surface area contributed by atoms with E-state index in [0.717, 1.165) is 21.1 Å². The van der Waals surface area contributed by atoms with Gasteiger partial charge in [-0.25, -0.2) is 4.79 Å². The highest BCUT2D eigenvalue weighted by Gasteiger charge is 2.17. The second-order valence-corrected chi connectivity index (χ2v) is 5.17. The molecule has 2 N–H and O–H groups in total. The maximum Gasteiger partial charge on any atom is 0.323 e. The van der Waals surface area contributed by atoms with Gasteiger partial charge in [0.05, 0.1) is 17.3 Å². The number of imidazole rings is 1. The zero-order chi connectivity index (χ0) is 12.7. The van der Waals surface area contributed by atoms with Crippen LogP contribution in [0.25, 0.3) is 11.0 Å². The second kappa shape index (κ2) is 4.33. The number of rotatable bonds is 2. The summed E-state index contributed by atoms with van der Waals surface area (Å²) >= 11 is 9.81. The summed E-state index contributed by atoms with van der Waals surface area (Å²) in [5, 5.41) is -0.405. The summed E-state index contributed by atoms with van der Waals surface area (Å²) in [7, 11) is 0. The maximum absolute atomic E-state index is 11.2. The molecule has 1 unspecified atom stereocenters. The first-order valence-corrected chi connectivity index (χ1v) is 6.47. The van der Waals surface area contributed by atoms with E-state index >= 15 is 0 Å². The Bertz CT molecular complexity index is 745. The van der Waals surface area contributed by atoms with Gasteiger partial charge in [-0.15, -0.1) is 11.6 Å². The Hall–Kier alpha value is -1.46. The Morgan fingerprint density at radius 1 is 1.28 bits per heavy atom. The molecule has 0 saturated heterocycles. The monoisotopic (exact) mass is 326 g/mol. The van der Waals surface area contributed by atoms with E-state index in [0.29, 0.717) is 5.76 Å². The number of fused-ring (bicyclic) bond motifs is 1. The molecule has 0 bridgehead atoms. The Balaban J connectivity index is 2.16. The molecule has 0 radical (unpaired) electrons. The highest BCUT2D eigenvalue weighted by Crippen LogP contribution is 2.35. The smallest absolute Gasteiger partial charge is 0.323 e. The molecule has 3 aromatic rings. The van der Waals surface area contributed by atoms with E-state index < -0.39 is 5.38 Å². The second-order valence-electron chi connectivity index (χ2n) is 3.88. The first-order valence-electron chi connectivity index (χ1n) is 5.24. The minimum atomic E-state index is -0.405. The highest BCUT2D eigenvalue weighted by atomic mass is 79.9. The average molecular weight is 328 g/mol. The van der Waals surface area contributed by atoms with E-state index in [-0.39, 0.29) is 5.69 Å². The van der Waals surface area contributed by atoms with Crippen LogP contribution in [0.15, 0.2) is 44.2 Å². The van der Waals surface area contributed by atoms with Crippen LogP contribution in [0.2, 0.25) is 0 Å². The quantitative estimate of drug-likeness (QED) is 0.707. The summed E-state index contributed by atoms with van der Waals surface area (Å²) in [4.78, 5) is 16.6. The number of H-pyrrole nitrogens is 2. The minimum Gasteiger partial charge on any atom is -0.467 e. The van der Waals surface area contributed by atoms with Crippen molar-refractivity contribution in [1.82, 2.24) is 9.97 Å². The summed E-state index contributed by atoms with van der Waals surface area (Å²) in [6, 6.07) is 7.25. The van der Waals surface area contributed by atoms with Crippen LogP contribution < -0.4 is 5.69 Å². The van der Waals surface area contributed by atoms with Crippen molar-refractivity contribution in [2.45, 2.75) is 5.38 Å². The van der Waals surface area contributed by atoms with E-state index in [1.54, 1.807) is 12.3 Å². The van der Waals surface area contributed by atoms with Crippen LogP contribution in [0.1, 0.15) is 16.7 Å². The first-order chi connectivity index (χ1) is 8.65. The van der Waals surface area contributed by atoms with Crippen molar-refractivity contribution in [3.05, 3.63) is 56.8 Å². The average Bonchev–Trinajstić information content (AvgIpc) is 2.94. The third kappa shape index (κ3) is 1.89. The number of furan rings is 1. The number of benzene rings is 1. The molecule has 1 aromatic carbocycles. The molecule has 18 heavy (non-hydrogen) atoms. The molecule has 0 aliphatic carbocycles. The van der Waals surface area contributed by atoms with Crippen molar-refractivity contribution in [2.75, 3.05) is 0 Å². The molecule has 2 aromatic heterocycles. The molecule has 0 spiro atoms. The van der Waals surface area contributed by atoms with Crippen LogP contribution in [0, 0.1) is 0 Å². The number of hydrogen-bond acceptors (Lipinski definition) is 2. The predicted octanol–water partition coefficient (Wildman–Crippen LogP) is 3.54. The first kappa shape index (κ1) is 11.6. The number of aromatic nitrogens is 2. The lowest BCUT2D eigenvalue weighted by Gasteiger charge is -2.09. The van der Waals surface area contributed by atoms with Gasteiger partial charge in [0, 0.05) is 4.47 Å². The van der Waals surface area contributed by atoms with Gasteiger partial charge in [-0.3, -0.25) is 0 Å². The van der Waals surface area contributed by atoms with E-state index in [2.05, 4.69) is 25.9 Å². The van der Waals surface area contributed by atoms with Gasteiger partial charge >= 0.3 is 5.69 Å². The predicted molar refractivity (Wildman–Crippen MR) is 73.0 cm³/mol. The molecule has 0 amide bonds. The zero-order valence-corrected chi connectivity index (χ0v) is 11.4. The van der Waals surface area contributed by atoms with Crippen LogP contribution in [0.5, 0.6) is 0 Å². The Kier molecular flexibility index (Phi) is 2.80. The Morgan fingerprint density at radius 2 is 2.00 bits per heavy atom. The standard InChI is InChI=1S/C12H8BrClN2O2/c13-7-5-9-8(15-12(17)16-9)4-6(7)11(14)10-2-1-3-18-10/h1-5,11H,(H2,15,16,17). The van der Waals surface area contributed by atoms with Gasteiger partial charge in [-0.2, -0.15) is 0 Å². The van der Waals surface area contributed by atoms with E-state index in [4.69, 9.17) is 16.0 Å². The van der Waals surface area contributed by atoms with E-state index in [1.165, 1.54) is 0 Å². The molecule has 2 heterocycles. The normalized spacial score (nSPS) is 13.0. The summed E-state index contributed by atoms with van der Waals surface area (Å²) in [5.41, 5.74) is 2.06. The number of aromatic amines is 2. The van der Waals surface area contributed by atoms with Gasteiger partial charge in [-0.05, 0) is 29.8 Å². The molecule has 92 valence electrons. The lowest BCUT2D eigenvalue weighted by molar-refractivity contribution is 0.516. The molecule has 3 rings (SSSR count). The van der Waals surface area contributed by atoms with Crippen molar-refractivity contribution in [3.8, 4) is 0 Å². The summed E-state index contributed by atoms with van der Waals surface area (Å²) in [5.74, 6) is 0.662. The van der Waals surface area contributed by atoms with Crippen molar-refractivity contribution in [1.29, 1.82) is 0 Å². The van der Waals surface area contributed by atoms with Crippen molar-refractivity contribution < 1.29 is 4.42 Å². The Labute approximate surface area is 115 Å². The molecule has 0 fully saturated rings. The maximum atomic E-state index is 11.2. The van der Waals surface area contributed by atoms with Crippen LogP contribution in [-0.4, -0.2) is 9.97 Å². The van der Waals surface area contributed by atoms with Crippen LogP contribution >= 0.6 is 27.5 Å². The third-order valence-corrected chi connectivity index (χ3v) is 3.84. The molecule has 6 heteroatoms. The third-order valence-electron chi connectivity index (χ3n) is 2.70. The van der Waals surface area contributed by atoms with Gasteiger partial charge in [0.2, 0.25) is 0 Å². The molecule has 0 aliphatic heterocycles. The fourth-order valence-electron chi connectivity index (χ4n) is 1.86. The molecule has 0 aliphatic rings. The fraction of sp³-hybridized carbons (Fsp3) is 0.0833. The summed E-state index contributed by atoms with van der Waals surface area (Å²) in [6.45, 7) is 0. The topological polar surface area (TPSA) is 61.8 Å². The number of alkyl halides is 1. The van der Waals surface area contributed by atoms with Crippen LogP contribution in [0.4, 0.5) is 0 Å². The van der Waals surface area contributed by atoms with Gasteiger partial charge in [0.25, 0.3) is 0 Å². The molecular weight excluding hydrogens is 320 g/mol. The van der Waals surface area contributed by atoms with Crippen molar-refractivity contribution in [3.63, 3.8) is 0 Å². The lowest BCUT2D eigenvalue weighted by Crippen LogP contribution is -1.99. The van der Waals surface area contributed by atoms with Gasteiger partial charge in [-0.1, -0.05) is 15.9 Å². The highest BCUT2D eigenvalue weighted by molar-refractivity contribution is 9.10. The van der Waals surface area contributed by atoms with E-state index in [1.807, 2.05) is 18.2 Å². The molecular formula is C12H8BrClN2O2. The molecule has 0 saturated carbocycles. The molecule has 4 nitrogen and oxygen atoms in total. The Morgan fingerprint density at radius 3 is 2.67 bits per heavy atom. The number of halogens is 2. The van der Waals surface area contributed by atoms with Gasteiger partial charge in [0.1, 0.15) is 11.1 Å². The fourth-order valence-corrected chi connectivity index (χ4v) is 2.86. The lowest BCUT2D eigenvalue weighted by atomic mass is 10.1. The van der Waals surface area contributed by atoms with Crippen LogP contribution in [-0.2, 0) is 0 Å². The van der Waals surface area contributed by atoms with Crippen molar-refractivity contribution >= 4 is 38.6 Å². The van der Waals surface area contributed by atoms with E-state index in [9.17, 15) is 4.79 Å². The minimum absolute atomic E-state index is 0.238. The summed E-state index contributed by atoms with van der Waals surface area (Å²) < 4.78 is 6.11. The largest absolute Gasteiger partial charge is 0.467 e. The number of hydrogen-bond donors (Lipinski definition) is 2. The SMILES string of the molecule is O=c1[nH]c2cc(Br)c(C(Cl)c3ccco3)cc2[nH]1. The van der Waals surface area contributed by atoms with Crippen LogP contribution in [0.3, 0.4) is 0 Å².